The Morgan fingerprint density at radius 1 is 1.16 bits per heavy atom. The van der Waals surface area contributed by atoms with E-state index in [0.29, 0.717) is 6.42 Å². The third-order valence-corrected chi connectivity index (χ3v) is 5.30. The molecule has 1 aromatic carbocycles. The average Bonchev–Trinajstić information content (AvgIpc) is 2.32. The van der Waals surface area contributed by atoms with E-state index in [9.17, 15) is 8.42 Å². The van der Waals surface area contributed by atoms with Gasteiger partial charge in [-0.1, -0.05) is 35.0 Å². The average molecular weight is 349 g/mol. The molecule has 1 rings (SSSR count). The Morgan fingerprint density at radius 3 is 2.21 bits per heavy atom. The molecule has 108 valence electrons. The van der Waals surface area contributed by atoms with Gasteiger partial charge in [-0.3, -0.25) is 0 Å². The lowest BCUT2D eigenvalue weighted by atomic mass is 10.1. The zero-order valence-electron chi connectivity index (χ0n) is 11.7. The lowest BCUT2D eigenvalue weighted by Crippen LogP contribution is -2.17. The number of hydrogen-bond donors (Lipinski definition) is 0. The Labute approximate surface area is 124 Å². The zero-order chi connectivity index (χ0) is 14.5. The Kier molecular flexibility index (Phi) is 6.33. The number of rotatable bonds is 7. The first-order valence-electron chi connectivity index (χ1n) is 6.39. The fraction of sp³-hybridized carbons (Fsp3) is 0.571. The predicted octanol–water partition coefficient (Wildman–Crippen LogP) is 3.40. The highest BCUT2D eigenvalue weighted by Gasteiger charge is 2.11. The van der Waals surface area contributed by atoms with Crippen molar-refractivity contribution in [3.8, 4) is 5.75 Å². The second kappa shape index (κ2) is 7.29. The summed E-state index contributed by atoms with van der Waals surface area (Å²) < 4.78 is 28.9. The van der Waals surface area contributed by atoms with Crippen LogP contribution in [-0.4, -0.2) is 26.5 Å². The second-order valence-corrected chi connectivity index (χ2v) is 7.56. The minimum atomic E-state index is -2.97. The van der Waals surface area contributed by atoms with Gasteiger partial charge in [0.15, 0.2) is 9.84 Å². The maximum Gasteiger partial charge on any atom is 0.153 e. The topological polar surface area (TPSA) is 43.4 Å². The van der Waals surface area contributed by atoms with E-state index in [2.05, 4.69) is 28.1 Å². The molecular weight excluding hydrogens is 328 g/mol. The van der Waals surface area contributed by atoms with Crippen LogP contribution < -0.4 is 4.74 Å². The van der Waals surface area contributed by atoms with E-state index in [1.165, 1.54) is 5.56 Å². The monoisotopic (exact) mass is 348 g/mol. The van der Waals surface area contributed by atoms with Crippen molar-refractivity contribution in [2.45, 2.75) is 32.5 Å². The molecule has 0 spiro atoms. The first kappa shape index (κ1) is 16.5. The largest absolute Gasteiger partial charge is 0.492 e. The van der Waals surface area contributed by atoms with Gasteiger partial charge in [-0.05, 0) is 37.0 Å². The first-order valence-corrected chi connectivity index (χ1v) is 9.33. The van der Waals surface area contributed by atoms with Gasteiger partial charge in [-0.15, -0.1) is 0 Å². The number of ether oxygens (including phenoxy) is 1. The molecule has 0 N–H and O–H groups in total. The molecule has 19 heavy (non-hydrogen) atoms. The highest BCUT2D eigenvalue weighted by Crippen LogP contribution is 2.25. The molecule has 0 saturated heterocycles. The number of aryl methyl sites for hydroxylation is 2. The summed E-state index contributed by atoms with van der Waals surface area (Å²) in [6, 6.07) is 4.11. The quantitative estimate of drug-likeness (QED) is 0.709. The van der Waals surface area contributed by atoms with E-state index in [0.717, 1.165) is 22.2 Å². The van der Waals surface area contributed by atoms with Crippen molar-refractivity contribution < 1.29 is 13.2 Å². The van der Waals surface area contributed by atoms with Crippen LogP contribution in [0.2, 0.25) is 0 Å². The summed E-state index contributed by atoms with van der Waals surface area (Å²) in [4.78, 5) is 0. The standard InChI is InChI=1S/C14H21BrO3S/c1-4-6-19(16,17)7-5-18-14-11(2)8-13(10-15)9-12(14)3/h8-9H,4-7,10H2,1-3H3. The van der Waals surface area contributed by atoms with Crippen LogP contribution in [0, 0.1) is 13.8 Å². The lowest BCUT2D eigenvalue weighted by molar-refractivity contribution is 0.336. The Balaban J connectivity index is 2.69. The van der Waals surface area contributed by atoms with Crippen molar-refractivity contribution in [2.75, 3.05) is 18.1 Å². The highest BCUT2D eigenvalue weighted by molar-refractivity contribution is 9.08. The molecule has 0 aliphatic carbocycles. The Bertz CT molecular complexity index is 500. The molecule has 3 nitrogen and oxygen atoms in total. The van der Waals surface area contributed by atoms with Gasteiger partial charge in [-0.25, -0.2) is 8.42 Å². The molecular formula is C14H21BrO3S. The van der Waals surface area contributed by atoms with Gasteiger partial charge in [0.05, 0.1) is 11.5 Å². The van der Waals surface area contributed by atoms with Crippen LogP contribution >= 0.6 is 15.9 Å². The van der Waals surface area contributed by atoms with E-state index in [-0.39, 0.29) is 18.1 Å². The van der Waals surface area contributed by atoms with Crippen molar-refractivity contribution in [3.63, 3.8) is 0 Å². The molecule has 0 unspecified atom stereocenters. The van der Waals surface area contributed by atoms with Crippen molar-refractivity contribution >= 4 is 25.8 Å². The normalized spacial score (nSPS) is 11.6. The highest BCUT2D eigenvalue weighted by atomic mass is 79.9. The van der Waals surface area contributed by atoms with Crippen molar-refractivity contribution in [1.82, 2.24) is 0 Å². The van der Waals surface area contributed by atoms with Crippen LogP contribution in [0.1, 0.15) is 30.0 Å². The summed E-state index contributed by atoms with van der Waals surface area (Å²) >= 11 is 3.43. The zero-order valence-corrected chi connectivity index (χ0v) is 14.1. The molecule has 0 bridgehead atoms. The van der Waals surface area contributed by atoms with E-state index in [1.54, 1.807) is 0 Å². The van der Waals surface area contributed by atoms with Gasteiger partial charge in [0.25, 0.3) is 0 Å². The second-order valence-electron chi connectivity index (χ2n) is 4.69. The molecule has 1 aromatic rings. The Hall–Kier alpha value is -0.550. The number of benzene rings is 1. The molecule has 0 atom stereocenters. The van der Waals surface area contributed by atoms with E-state index in [4.69, 9.17) is 4.74 Å². The molecule has 5 heteroatoms. The summed E-state index contributed by atoms with van der Waals surface area (Å²) in [5, 5.41) is 0.805. The van der Waals surface area contributed by atoms with E-state index in [1.807, 2.05) is 20.8 Å². The van der Waals surface area contributed by atoms with Gasteiger partial charge < -0.3 is 4.74 Å². The third kappa shape index (κ3) is 5.15. The van der Waals surface area contributed by atoms with Crippen LogP contribution in [0.15, 0.2) is 12.1 Å². The van der Waals surface area contributed by atoms with Gasteiger partial charge in [0, 0.05) is 5.33 Å². The van der Waals surface area contributed by atoms with E-state index < -0.39 is 9.84 Å². The molecule has 0 saturated carbocycles. The predicted molar refractivity (Wildman–Crippen MR) is 83.0 cm³/mol. The summed E-state index contributed by atoms with van der Waals surface area (Å²) in [5.41, 5.74) is 3.28. The molecule has 0 radical (unpaired) electrons. The first-order chi connectivity index (χ1) is 8.89. The molecule has 0 heterocycles. The van der Waals surface area contributed by atoms with Crippen LogP contribution in [0.25, 0.3) is 0 Å². The number of sulfone groups is 1. The van der Waals surface area contributed by atoms with Crippen LogP contribution in [-0.2, 0) is 15.2 Å². The van der Waals surface area contributed by atoms with Crippen LogP contribution in [0.3, 0.4) is 0 Å². The van der Waals surface area contributed by atoms with Crippen molar-refractivity contribution in [1.29, 1.82) is 0 Å². The summed E-state index contributed by atoms with van der Waals surface area (Å²) in [6.45, 7) is 6.05. The van der Waals surface area contributed by atoms with Gasteiger partial charge in [-0.2, -0.15) is 0 Å². The van der Waals surface area contributed by atoms with Crippen LogP contribution in [0.4, 0.5) is 0 Å². The minimum Gasteiger partial charge on any atom is -0.492 e. The SMILES string of the molecule is CCCS(=O)(=O)CCOc1c(C)cc(CBr)cc1C. The molecule has 0 aliphatic rings. The summed E-state index contributed by atoms with van der Waals surface area (Å²) in [7, 11) is -2.97. The maximum atomic E-state index is 11.6. The lowest BCUT2D eigenvalue weighted by Gasteiger charge is -2.13. The molecule has 0 fully saturated rings. The summed E-state index contributed by atoms with van der Waals surface area (Å²) in [6.07, 6.45) is 0.653. The van der Waals surface area contributed by atoms with E-state index >= 15 is 0 Å². The van der Waals surface area contributed by atoms with Gasteiger partial charge in [0.2, 0.25) is 0 Å². The molecule has 0 aromatic heterocycles. The van der Waals surface area contributed by atoms with Crippen LogP contribution in [0.5, 0.6) is 5.75 Å². The molecule has 0 amide bonds. The number of alkyl halides is 1. The minimum absolute atomic E-state index is 0.0832. The van der Waals surface area contributed by atoms with Crippen molar-refractivity contribution in [2.24, 2.45) is 0 Å². The Morgan fingerprint density at radius 2 is 1.74 bits per heavy atom. The fourth-order valence-electron chi connectivity index (χ4n) is 2.03. The number of hydrogen-bond acceptors (Lipinski definition) is 3. The fourth-order valence-corrected chi connectivity index (χ4v) is 3.52. The van der Waals surface area contributed by atoms with Crippen molar-refractivity contribution in [3.05, 3.63) is 28.8 Å². The number of halogens is 1. The molecule has 0 aliphatic heterocycles. The van der Waals surface area contributed by atoms with Gasteiger partial charge >= 0.3 is 0 Å². The maximum absolute atomic E-state index is 11.6. The third-order valence-electron chi connectivity index (χ3n) is 2.83. The smallest absolute Gasteiger partial charge is 0.153 e. The summed E-state index contributed by atoms with van der Waals surface area (Å²) in [5.74, 6) is 1.12. The van der Waals surface area contributed by atoms with Gasteiger partial charge in [0.1, 0.15) is 12.4 Å².